The largest absolute Gasteiger partial charge is 0.345 e. The van der Waals surface area contributed by atoms with E-state index >= 15 is 0 Å². The van der Waals surface area contributed by atoms with Crippen molar-refractivity contribution in [2.75, 3.05) is 20.6 Å². The molecule has 5 nitrogen and oxygen atoms in total. The maximum atomic E-state index is 12.6. The number of carbonyl (C=O) groups excluding carboxylic acids is 3. The fourth-order valence-corrected chi connectivity index (χ4v) is 2.77. The van der Waals surface area contributed by atoms with Crippen molar-refractivity contribution in [2.45, 2.75) is 6.42 Å². The molecule has 3 amide bonds. The van der Waals surface area contributed by atoms with Crippen molar-refractivity contribution in [3.8, 4) is 0 Å². The van der Waals surface area contributed by atoms with E-state index in [-0.39, 0.29) is 17.7 Å². The number of benzene rings is 2. The predicted molar refractivity (Wildman–Crippen MR) is 90.0 cm³/mol. The van der Waals surface area contributed by atoms with Crippen LogP contribution < -0.4 is 0 Å². The summed E-state index contributed by atoms with van der Waals surface area (Å²) in [6.45, 7) is 0.327. The molecule has 0 saturated carbocycles. The average Bonchev–Trinajstić information content (AvgIpc) is 2.83. The van der Waals surface area contributed by atoms with Gasteiger partial charge in [-0.3, -0.25) is 19.3 Å². The summed E-state index contributed by atoms with van der Waals surface area (Å²) < 4.78 is 0. The first-order valence-electron chi connectivity index (χ1n) is 7.75. The average molecular weight is 322 g/mol. The lowest BCUT2D eigenvalue weighted by Gasteiger charge is -2.13. The van der Waals surface area contributed by atoms with Crippen LogP contribution in [0.25, 0.3) is 0 Å². The van der Waals surface area contributed by atoms with Crippen molar-refractivity contribution in [3.63, 3.8) is 0 Å². The summed E-state index contributed by atoms with van der Waals surface area (Å²) >= 11 is 0. The third-order valence-corrected chi connectivity index (χ3v) is 4.09. The number of amides is 3. The van der Waals surface area contributed by atoms with Gasteiger partial charge in [0.2, 0.25) is 0 Å². The van der Waals surface area contributed by atoms with E-state index < -0.39 is 0 Å². The lowest BCUT2D eigenvalue weighted by molar-refractivity contribution is 0.0656. The number of nitrogens with zero attached hydrogens (tertiary/aromatic N) is 2. The lowest BCUT2D eigenvalue weighted by Crippen LogP contribution is -2.31. The van der Waals surface area contributed by atoms with Crippen molar-refractivity contribution >= 4 is 17.7 Å². The molecule has 1 aliphatic heterocycles. The van der Waals surface area contributed by atoms with Crippen LogP contribution in [0.5, 0.6) is 0 Å². The van der Waals surface area contributed by atoms with Gasteiger partial charge in [0.05, 0.1) is 11.1 Å². The molecule has 0 fully saturated rings. The van der Waals surface area contributed by atoms with Crippen LogP contribution in [0.1, 0.15) is 36.6 Å². The molecule has 2 aromatic rings. The van der Waals surface area contributed by atoms with Crippen molar-refractivity contribution < 1.29 is 14.4 Å². The molecule has 1 heterocycles. The third kappa shape index (κ3) is 2.80. The zero-order valence-corrected chi connectivity index (χ0v) is 13.7. The van der Waals surface area contributed by atoms with E-state index in [9.17, 15) is 14.4 Å². The van der Waals surface area contributed by atoms with Crippen LogP contribution in [0.3, 0.4) is 0 Å². The summed E-state index contributed by atoms with van der Waals surface area (Å²) in [6, 6.07) is 14.4. The van der Waals surface area contributed by atoms with Crippen LogP contribution in [-0.4, -0.2) is 48.2 Å². The third-order valence-electron chi connectivity index (χ3n) is 4.09. The van der Waals surface area contributed by atoms with Crippen LogP contribution in [0.2, 0.25) is 0 Å². The van der Waals surface area contributed by atoms with Gasteiger partial charge in [-0.1, -0.05) is 30.3 Å². The number of imide groups is 1. The number of carbonyl (C=O) groups is 3. The van der Waals surface area contributed by atoms with Gasteiger partial charge >= 0.3 is 0 Å². The SMILES string of the molecule is CN(C)C(=O)c1ccc2c(c1)C(=O)N(CCc1ccccc1)C2=O. The standard InChI is InChI=1S/C19H18N2O3/c1-20(2)17(22)14-8-9-15-16(12-14)19(24)21(18(15)23)11-10-13-6-4-3-5-7-13/h3-9,12H,10-11H2,1-2H3. The lowest BCUT2D eigenvalue weighted by atomic mass is 10.1. The van der Waals surface area contributed by atoms with Crippen LogP contribution in [0.15, 0.2) is 48.5 Å². The van der Waals surface area contributed by atoms with Crippen molar-refractivity contribution in [1.29, 1.82) is 0 Å². The van der Waals surface area contributed by atoms with Gasteiger partial charge in [-0.2, -0.15) is 0 Å². The molecule has 5 heteroatoms. The van der Waals surface area contributed by atoms with Gasteiger partial charge in [0.25, 0.3) is 17.7 Å². The van der Waals surface area contributed by atoms with Gasteiger partial charge < -0.3 is 4.90 Å². The van der Waals surface area contributed by atoms with Gasteiger partial charge in [-0.15, -0.1) is 0 Å². The summed E-state index contributed by atoms with van der Waals surface area (Å²) in [4.78, 5) is 39.7. The molecule has 0 spiro atoms. The second-order valence-corrected chi connectivity index (χ2v) is 5.96. The maximum Gasteiger partial charge on any atom is 0.261 e. The highest BCUT2D eigenvalue weighted by molar-refractivity contribution is 6.22. The Morgan fingerprint density at radius 3 is 2.29 bits per heavy atom. The molecule has 0 atom stereocenters. The van der Waals surface area contributed by atoms with Gasteiger partial charge in [-0.05, 0) is 30.2 Å². The predicted octanol–water partition coefficient (Wildman–Crippen LogP) is 2.23. The van der Waals surface area contributed by atoms with E-state index in [0.717, 1.165) is 5.56 Å². The molecule has 0 aromatic heterocycles. The first-order valence-corrected chi connectivity index (χ1v) is 7.75. The highest BCUT2D eigenvalue weighted by Crippen LogP contribution is 2.24. The second kappa shape index (κ2) is 6.28. The minimum atomic E-state index is -0.334. The van der Waals surface area contributed by atoms with Crippen molar-refractivity contribution in [1.82, 2.24) is 9.80 Å². The number of hydrogen-bond donors (Lipinski definition) is 0. The summed E-state index contributed by atoms with van der Waals surface area (Å²) in [5.74, 6) is -0.824. The smallest absolute Gasteiger partial charge is 0.261 e. The Labute approximate surface area is 140 Å². The molecule has 0 aliphatic carbocycles. The molecule has 0 radical (unpaired) electrons. The molecule has 0 saturated heterocycles. The summed E-state index contributed by atoms with van der Waals surface area (Å²) in [5, 5.41) is 0. The first-order chi connectivity index (χ1) is 11.5. The molecule has 122 valence electrons. The topological polar surface area (TPSA) is 57.7 Å². The molecule has 0 bridgehead atoms. The van der Waals surface area contributed by atoms with E-state index in [1.807, 2.05) is 30.3 Å². The highest BCUT2D eigenvalue weighted by Gasteiger charge is 2.35. The van der Waals surface area contributed by atoms with Gasteiger partial charge in [0.15, 0.2) is 0 Å². The fraction of sp³-hybridized carbons (Fsp3) is 0.211. The summed E-state index contributed by atoms with van der Waals surface area (Å²) in [5.41, 5.74) is 2.14. The Hall–Kier alpha value is -2.95. The maximum absolute atomic E-state index is 12.6. The highest BCUT2D eigenvalue weighted by atomic mass is 16.2. The summed E-state index contributed by atoms with van der Waals surface area (Å²) in [6.07, 6.45) is 0.607. The van der Waals surface area contributed by atoms with Crippen LogP contribution in [0, 0.1) is 0 Å². The van der Waals surface area contributed by atoms with E-state index in [0.29, 0.717) is 29.7 Å². The number of fused-ring (bicyclic) bond motifs is 1. The van der Waals surface area contributed by atoms with E-state index in [2.05, 4.69) is 0 Å². The monoisotopic (exact) mass is 322 g/mol. The summed E-state index contributed by atoms with van der Waals surface area (Å²) in [7, 11) is 3.30. The molecule has 2 aromatic carbocycles. The second-order valence-electron chi connectivity index (χ2n) is 5.96. The van der Waals surface area contributed by atoms with Gasteiger partial charge in [0, 0.05) is 26.2 Å². The zero-order chi connectivity index (χ0) is 17.3. The Balaban J connectivity index is 1.82. The first kappa shape index (κ1) is 15.9. The molecule has 1 aliphatic rings. The van der Waals surface area contributed by atoms with Crippen LogP contribution >= 0.6 is 0 Å². The Morgan fingerprint density at radius 1 is 0.958 bits per heavy atom. The van der Waals surface area contributed by atoms with Crippen molar-refractivity contribution in [3.05, 3.63) is 70.8 Å². The Morgan fingerprint density at radius 2 is 1.62 bits per heavy atom. The minimum absolute atomic E-state index is 0.194. The van der Waals surface area contributed by atoms with Crippen LogP contribution in [-0.2, 0) is 6.42 Å². The molecule has 0 N–H and O–H groups in total. The molecule has 0 unspecified atom stereocenters. The van der Waals surface area contributed by atoms with Crippen molar-refractivity contribution in [2.24, 2.45) is 0 Å². The number of rotatable bonds is 4. The van der Waals surface area contributed by atoms with E-state index in [1.165, 1.54) is 15.9 Å². The normalized spacial score (nSPS) is 13.2. The quantitative estimate of drug-likeness (QED) is 0.811. The zero-order valence-electron chi connectivity index (χ0n) is 13.7. The molecule has 24 heavy (non-hydrogen) atoms. The Bertz CT molecular complexity index is 813. The minimum Gasteiger partial charge on any atom is -0.345 e. The van der Waals surface area contributed by atoms with E-state index in [1.54, 1.807) is 26.2 Å². The molecule has 3 rings (SSSR count). The van der Waals surface area contributed by atoms with E-state index in [4.69, 9.17) is 0 Å². The number of hydrogen-bond acceptors (Lipinski definition) is 3. The molecular weight excluding hydrogens is 304 g/mol. The van der Waals surface area contributed by atoms with Crippen LogP contribution in [0.4, 0.5) is 0 Å². The Kier molecular flexibility index (Phi) is 4.16. The van der Waals surface area contributed by atoms with Gasteiger partial charge in [0.1, 0.15) is 0 Å². The van der Waals surface area contributed by atoms with Gasteiger partial charge in [-0.25, -0.2) is 0 Å². The fourth-order valence-electron chi connectivity index (χ4n) is 2.77. The molecular formula is C19H18N2O3.